The first kappa shape index (κ1) is 17.1. The van der Waals surface area contributed by atoms with Crippen LogP contribution in [0.5, 0.6) is 0 Å². The molecule has 0 saturated heterocycles. The van der Waals surface area contributed by atoms with Gasteiger partial charge in [-0.25, -0.2) is 0 Å². The van der Waals surface area contributed by atoms with Crippen molar-refractivity contribution in [2.45, 2.75) is 32.4 Å². The van der Waals surface area contributed by atoms with Gasteiger partial charge in [0, 0.05) is 6.54 Å². The lowest BCUT2D eigenvalue weighted by Crippen LogP contribution is -2.50. The van der Waals surface area contributed by atoms with Gasteiger partial charge in [0.15, 0.2) is 0 Å². The van der Waals surface area contributed by atoms with E-state index in [0.717, 1.165) is 13.1 Å². The Morgan fingerprint density at radius 2 is 1.61 bits per heavy atom. The third kappa shape index (κ3) is 4.75. The van der Waals surface area contributed by atoms with Crippen molar-refractivity contribution in [1.29, 1.82) is 0 Å². The van der Waals surface area contributed by atoms with Gasteiger partial charge >= 0.3 is 12.1 Å². The van der Waals surface area contributed by atoms with Crippen molar-refractivity contribution in [2.75, 3.05) is 26.2 Å². The average molecular weight is 276 g/mol. The normalized spacial score (nSPS) is 12.9. The number of carbonyl (C=O) groups excluding carboxylic acids is 1. The smallest absolute Gasteiger partial charge is 0.351 e. The van der Waals surface area contributed by atoms with Crippen LogP contribution < -0.4 is 5.32 Å². The molecule has 1 amide bonds. The van der Waals surface area contributed by atoms with Crippen LogP contribution in [0.15, 0.2) is 0 Å². The molecule has 108 valence electrons. The lowest BCUT2D eigenvalue weighted by molar-refractivity contribution is -0.269. The van der Waals surface area contributed by atoms with Crippen LogP contribution >= 0.6 is 0 Å². The topological polar surface area (TPSA) is 32.3 Å². The maximum Gasteiger partial charge on any atom is 0.463 e. The molecule has 3 nitrogen and oxygen atoms in total. The lowest BCUT2D eigenvalue weighted by Gasteiger charge is -2.20. The molecule has 0 aromatic rings. The van der Waals surface area contributed by atoms with Crippen molar-refractivity contribution in [3.05, 3.63) is 0 Å². The Balaban J connectivity index is 4.05. The van der Waals surface area contributed by atoms with E-state index in [9.17, 15) is 26.7 Å². The van der Waals surface area contributed by atoms with Gasteiger partial charge in [-0.15, -0.1) is 0 Å². The average Bonchev–Trinajstić information content (AvgIpc) is 2.27. The van der Waals surface area contributed by atoms with Crippen LogP contribution in [-0.4, -0.2) is 49.1 Å². The zero-order valence-corrected chi connectivity index (χ0v) is 10.3. The van der Waals surface area contributed by atoms with Gasteiger partial charge in [-0.2, -0.15) is 22.0 Å². The Morgan fingerprint density at radius 1 is 1.11 bits per heavy atom. The molecule has 0 fully saturated rings. The highest BCUT2D eigenvalue weighted by atomic mass is 19.4. The van der Waals surface area contributed by atoms with Gasteiger partial charge in [0.1, 0.15) is 0 Å². The van der Waals surface area contributed by atoms with Gasteiger partial charge in [-0.1, -0.05) is 13.8 Å². The fraction of sp³-hybridized carbons (Fsp3) is 0.900. The molecule has 0 rings (SSSR count). The zero-order chi connectivity index (χ0) is 14.4. The van der Waals surface area contributed by atoms with Gasteiger partial charge in [0.25, 0.3) is 5.91 Å². The fourth-order valence-corrected chi connectivity index (χ4v) is 1.28. The molecule has 0 aliphatic heterocycles. The van der Waals surface area contributed by atoms with Crippen LogP contribution in [0.2, 0.25) is 0 Å². The second kappa shape index (κ2) is 6.86. The molecule has 0 unspecified atom stereocenters. The first-order valence-electron chi connectivity index (χ1n) is 5.62. The summed E-state index contributed by atoms with van der Waals surface area (Å²) >= 11 is 0. The Kier molecular flexibility index (Phi) is 6.51. The first-order valence-corrected chi connectivity index (χ1v) is 5.62. The maximum atomic E-state index is 12.5. The molecule has 0 bridgehead atoms. The number of alkyl halides is 5. The van der Waals surface area contributed by atoms with E-state index in [1.165, 1.54) is 0 Å². The van der Waals surface area contributed by atoms with Crippen LogP contribution in [-0.2, 0) is 4.79 Å². The molecule has 0 atom stereocenters. The number of halogens is 5. The van der Waals surface area contributed by atoms with E-state index in [1.807, 2.05) is 18.7 Å². The van der Waals surface area contributed by atoms with E-state index in [1.54, 1.807) is 5.32 Å². The summed E-state index contributed by atoms with van der Waals surface area (Å²) in [5.74, 6) is -7.63. The van der Waals surface area contributed by atoms with Crippen molar-refractivity contribution in [3.63, 3.8) is 0 Å². The SMILES string of the molecule is CCN(CC)CCCNC(=O)C(F)(F)C(F)(F)F. The molecular formula is C10H17F5N2O. The van der Waals surface area contributed by atoms with Crippen LogP contribution in [0.25, 0.3) is 0 Å². The summed E-state index contributed by atoms with van der Waals surface area (Å²) in [4.78, 5) is 12.7. The molecule has 0 aromatic heterocycles. The van der Waals surface area contributed by atoms with Crippen molar-refractivity contribution in [1.82, 2.24) is 10.2 Å². The molecule has 0 aromatic carbocycles. The predicted molar refractivity (Wildman–Crippen MR) is 56.4 cm³/mol. The van der Waals surface area contributed by atoms with Crippen molar-refractivity contribution in [2.24, 2.45) is 0 Å². The molecule has 0 aliphatic rings. The summed E-state index contributed by atoms with van der Waals surface area (Å²) in [6.45, 7) is 5.64. The third-order valence-electron chi connectivity index (χ3n) is 2.47. The van der Waals surface area contributed by atoms with Gasteiger partial charge in [-0.3, -0.25) is 4.79 Å². The van der Waals surface area contributed by atoms with Gasteiger partial charge in [0.05, 0.1) is 0 Å². The summed E-state index contributed by atoms with van der Waals surface area (Å²) < 4.78 is 60.4. The highest BCUT2D eigenvalue weighted by Gasteiger charge is 2.63. The number of hydrogen-bond donors (Lipinski definition) is 1. The Labute approximate surface area is 102 Å². The minimum atomic E-state index is -5.85. The van der Waals surface area contributed by atoms with Crippen molar-refractivity contribution >= 4 is 5.91 Å². The van der Waals surface area contributed by atoms with Crippen molar-refractivity contribution < 1.29 is 26.7 Å². The summed E-state index contributed by atoms with van der Waals surface area (Å²) in [6, 6.07) is 0. The summed E-state index contributed by atoms with van der Waals surface area (Å²) in [6.07, 6.45) is -5.53. The molecule has 8 heteroatoms. The van der Waals surface area contributed by atoms with Crippen molar-refractivity contribution in [3.8, 4) is 0 Å². The Morgan fingerprint density at radius 3 is 2.00 bits per heavy atom. The molecule has 0 aliphatic carbocycles. The van der Waals surface area contributed by atoms with E-state index >= 15 is 0 Å². The molecular weight excluding hydrogens is 259 g/mol. The zero-order valence-electron chi connectivity index (χ0n) is 10.3. The Bertz CT molecular complexity index is 263. The number of carbonyl (C=O) groups is 1. The number of amides is 1. The summed E-state index contributed by atoms with van der Waals surface area (Å²) in [7, 11) is 0. The Hall–Kier alpha value is -0.920. The molecule has 18 heavy (non-hydrogen) atoms. The van der Waals surface area contributed by atoms with Crippen LogP contribution in [0.4, 0.5) is 22.0 Å². The maximum absolute atomic E-state index is 12.5. The number of nitrogens with one attached hydrogen (secondary N) is 1. The largest absolute Gasteiger partial charge is 0.463 e. The number of hydrogen-bond acceptors (Lipinski definition) is 2. The van der Waals surface area contributed by atoms with E-state index in [0.29, 0.717) is 13.0 Å². The molecule has 0 radical (unpaired) electrons. The lowest BCUT2D eigenvalue weighted by atomic mass is 10.3. The summed E-state index contributed by atoms with van der Waals surface area (Å²) in [5.41, 5.74) is 0. The monoisotopic (exact) mass is 276 g/mol. The van der Waals surface area contributed by atoms with Crippen LogP contribution in [0.1, 0.15) is 20.3 Å². The second-order valence-electron chi connectivity index (χ2n) is 3.71. The van der Waals surface area contributed by atoms with Gasteiger partial charge in [0.2, 0.25) is 0 Å². The number of rotatable bonds is 7. The van der Waals surface area contributed by atoms with E-state index in [2.05, 4.69) is 0 Å². The molecule has 1 N–H and O–H groups in total. The molecule has 0 heterocycles. The quantitative estimate of drug-likeness (QED) is 0.570. The first-order chi connectivity index (χ1) is 8.16. The molecule has 0 spiro atoms. The predicted octanol–water partition coefficient (Wildman–Crippen LogP) is 2.03. The third-order valence-corrected chi connectivity index (χ3v) is 2.47. The molecule has 0 saturated carbocycles. The van der Waals surface area contributed by atoms with E-state index < -0.39 is 18.0 Å². The fourth-order valence-electron chi connectivity index (χ4n) is 1.28. The highest BCUT2D eigenvalue weighted by Crippen LogP contribution is 2.35. The minimum absolute atomic E-state index is 0.207. The van der Waals surface area contributed by atoms with Gasteiger partial charge < -0.3 is 10.2 Å². The number of nitrogens with zero attached hydrogens (tertiary/aromatic N) is 1. The second-order valence-corrected chi connectivity index (χ2v) is 3.71. The summed E-state index contributed by atoms with van der Waals surface area (Å²) in [5, 5.41) is 1.60. The van der Waals surface area contributed by atoms with E-state index in [4.69, 9.17) is 0 Å². The van der Waals surface area contributed by atoms with Crippen LogP contribution in [0, 0.1) is 0 Å². The minimum Gasteiger partial charge on any atom is -0.351 e. The standard InChI is InChI=1S/C10H17F5N2O/c1-3-17(4-2)7-5-6-16-8(18)9(11,12)10(13,14)15/h3-7H2,1-2H3,(H,16,18). The highest BCUT2D eigenvalue weighted by molar-refractivity contribution is 5.84. The van der Waals surface area contributed by atoms with Crippen LogP contribution in [0.3, 0.4) is 0 Å². The van der Waals surface area contributed by atoms with E-state index in [-0.39, 0.29) is 6.54 Å². The van der Waals surface area contributed by atoms with Gasteiger partial charge in [-0.05, 0) is 26.1 Å².